The molecule has 2 aromatic rings. The number of aryl methyl sites for hydroxylation is 1. The number of nitrogens with one attached hydrogen (secondary N) is 1. The van der Waals surface area contributed by atoms with Crippen LogP contribution >= 0.6 is 11.6 Å². The van der Waals surface area contributed by atoms with E-state index in [1.807, 2.05) is 31.2 Å². The minimum Gasteiger partial charge on any atom is -0.452 e. The van der Waals surface area contributed by atoms with Crippen molar-refractivity contribution in [1.29, 1.82) is 0 Å². The summed E-state index contributed by atoms with van der Waals surface area (Å²) in [5.74, 6) is -1.74. The van der Waals surface area contributed by atoms with Gasteiger partial charge in [-0.05, 0) is 43.2 Å². The zero-order chi connectivity index (χ0) is 21.0. The van der Waals surface area contributed by atoms with E-state index in [0.29, 0.717) is 10.7 Å². The number of carbonyl (C=O) groups is 3. The Kier molecular flexibility index (Phi) is 6.54. The molecule has 3 rings (SSSR count). The van der Waals surface area contributed by atoms with Gasteiger partial charge in [0.05, 0.1) is 5.92 Å². The van der Waals surface area contributed by atoms with Crippen molar-refractivity contribution < 1.29 is 19.1 Å². The van der Waals surface area contributed by atoms with E-state index >= 15 is 0 Å². The lowest BCUT2D eigenvalue weighted by atomic mass is 10.1. The van der Waals surface area contributed by atoms with Crippen molar-refractivity contribution in [3.63, 3.8) is 0 Å². The molecule has 1 fully saturated rings. The van der Waals surface area contributed by atoms with E-state index < -0.39 is 23.9 Å². The molecule has 0 spiro atoms. The van der Waals surface area contributed by atoms with Gasteiger partial charge in [-0.1, -0.05) is 42.8 Å². The molecule has 0 aliphatic carbocycles. The fraction of sp³-hybridized carbons (Fsp3) is 0.318. The van der Waals surface area contributed by atoms with Crippen LogP contribution in [-0.2, 0) is 25.5 Å². The van der Waals surface area contributed by atoms with Crippen molar-refractivity contribution in [2.24, 2.45) is 5.92 Å². The highest BCUT2D eigenvalue weighted by molar-refractivity contribution is 6.30. The average molecular weight is 415 g/mol. The van der Waals surface area contributed by atoms with Crippen molar-refractivity contribution >= 4 is 40.8 Å². The Morgan fingerprint density at radius 3 is 2.72 bits per heavy atom. The van der Waals surface area contributed by atoms with Crippen LogP contribution in [0.25, 0.3) is 0 Å². The standard InChI is InChI=1S/C22H23ClN2O4/c1-3-15-7-4-5-10-19(15)25-13-16(11-20(25)26)22(28)29-14(2)21(27)24-18-9-6-8-17(23)12-18/h4-10,12,14,16H,3,11,13H2,1-2H3,(H,24,27)/t14-,16+/m1/s1. The molecular weight excluding hydrogens is 392 g/mol. The molecule has 152 valence electrons. The summed E-state index contributed by atoms with van der Waals surface area (Å²) < 4.78 is 5.32. The molecule has 2 amide bonds. The molecule has 0 aromatic heterocycles. The minimum atomic E-state index is -0.992. The van der Waals surface area contributed by atoms with Crippen LogP contribution in [0.3, 0.4) is 0 Å². The van der Waals surface area contributed by atoms with Crippen LogP contribution in [0.15, 0.2) is 48.5 Å². The molecule has 1 aliphatic heterocycles. The monoisotopic (exact) mass is 414 g/mol. The van der Waals surface area contributed by atoms with Crippen molar-refractivity contribution in [2.75, 3.05) is 16.8 Å². The average Bonchev–Trinajstić information content (AvgIpc) is 3.09. The van der Waals surface area contributed by atoms with Crippen molar-refractivity contribution in [3.8, 4) is 0 Å². The quantitative estimate of drug-likeness (QED) is 0.729. The summed E-state index contributed by atoms with van der Waals surface area (Å²) in [6.07, 6.45) is -0.136. The molecule has 0 saturated carbocycles. The van der Waals surface area contributed by atoms with Crippen LogP contribution in [0.1, 0.15) is 25.8 Å². The van der Waals surface area contributed by atoms with E-state index in [-0.39, 0.29) is 18.9 Å². The number of esters is 1. The second-order valence-corrected chi connectivity index (χ2v) is 7.40. The third-order valence-corrected chi connectivity index (χ3v) is 5.11. The predicted octanol–water partition coefficient (Wildman–Crippen LogP) is 3.83. The number of anilines is 2. The third kappa shape index (κ3) is 4.95. The highest BCUT2D eigenvalue weighted by Crippen LogP contribution is 2.29. The summed E-state index contributed by atoms with van der Waals surface area (Å²) in [6, 6.07) is 14.3. The number of halogens is 1. The molecule has 2 aromatic carbocycles. The molecular formula is C22H23ClN2O4. The van der Waals surface area contributed by atoms with Crippen LogP contribution in [0.5, 0.6) is 0 Å². The Hall–Kier alpha value is -2.86. The minimum absolute atomic E-state index is 0.0690. The SMILES string of the molecule is CCc1ccccc1N1C[C@@H](C(=O)O[C@H](C)C(=O)Nc2cccc(Cl)c2)CC1=O. The lowest BCUT2D eigenvalue weighted by Gasteiger charge is -2.20. The van der Waals surface area contributed by atoms with Crippen LogP contribution in [0, 0.1) is 5.92 Å². The van der Waals surface area contributed by atoms with E-state index in [4.69, 9.17) is 16.3 Å². The van der Waals surface area contributed by atoms with E-state index in [1.54, 1.807) is 29.2 Å². The van der Waals surface area contributed by atoms with E-state index in [1.165, 1.54) is 6.92 Å². The summed E-state index contributed by atoms with van der Waals surface area (Å²) in [5, 5.41) is 3.15. The van der Waals surface area contributed by atoms with Gasteiger partial charge < -0.3 is 15.0 Å². The summed E-state index contributed by atoms with van der Waals surface area (Å²) in [4.78, 5) is 38.9. The highest BCUT2D eigenvalue weighted by atomic mass is 35.5. The number of rotatable bonds is 6. The summed E-state index contributed by atoms with van der Waals surface area (Å²) in [5.41, 5.74) is 2.38. The molecule has 7 heteroatoms. The second kappa shape index (κ2) is 9.09. The smallest absolute Gasteiger partial charge is 0.312 e. The molecule has 0 unspecified atom stereocenters. The molecule has 1 aliphatic rings. The van der Waals surface area contributed by atoms with E-state index in [2.05, 4.69) is 5.32 Å². The van der Waals surface area contributed by atoms with Crippen LogP contribution < -0.4 is 10.2 Å². The Morgan fingerprint density at radius 2 is 2.00 bits per heavy atom. The number of ether oxygens (including phenoxy) is 1. The van der Waals surface area contributed by atoms with E-state index in [0.717, 1.165) is 17.7 Å². The Bertz CT molecular complexity index is 931. The lowest BCUT2D eigenvalue weighted by Crippen LogP contribution is -2.33. The van der Waals surface area contributed by atoms with Gasteiger partial charge in [-0.25, -0.2) is 0 Å². The van der Waals surface area contributed by atoms with Crippen molar-refractivity contribution in [1.82, 2.24) is 0 Å². The van der Waals surface area contributed by atoms with E-state index in [9.17, 15) is 14.4 Å². The first-order valence-corrected chi connectivity index (χ1v) is 9.92. The fourth-order valence-electron chi connectivity index (χ4n) is 3.31. The van der Waals surface area contributed by atoms with Gasteiger partial charge in [-0.3, -0.25) is 14.4 Å². The Labute approximate surface area is 174 Å². The molecule has 0 radical (unpaired) electrons. The topological polar surface area (TPSA) is 75.7 Å². The number of hydrogen-bond acceptors (Lipinski definition) is 4. The molecule has 0 bridgehead atoms. The molecule has 29 heavy (non-hydrogen) atoms. The number of para-hydroxylation sites is 1. The summed E-state index contributed by atoms with van der Waals surface area (Å²) in [7, 11) is 0. The van der Waals surface area contributed by atoms with Gasteiger partial charge in [0.15, 0.2) is 6.10 Å². The summed E-state index contributed by atoms with van der Waals surface area (Å²) in [6.45, 7) is 3.77. The molecule has 2 atom stereocenters. The molecule has 1 saturated heterocycles. The van der Waals surface area contributed by atoms with Crippen LogP contribution in [0.4, 0.5) is 11.4 Å². The van der Waals surface area contributed by atoms with Crippen molar-refractivity contribution in [2.45, 2.75) is 32.8 Å². The van der Waals surface area contributed by atoms with Gasteiger partial charge in [-0.2, -0.15) is 0 Å². The maximum absolute atomic E-state index is 12.5. The maximum Gasteiger partial charge on any atom is 0.312 e. The molecule has 1 N–H and O–H groups in total. The second-order valence-electron chi connectivity index (χ2n) is 6.97. The molecule has 1 heterocycles. The van der Waals surface area contributed by atoms with Gasteiger partial charge in [0, 0.05) is 29.4 Å². The van der Waals surface area contributed by atoms with Gasteiger partial charge in [0.25, 0.3) is 5.91 Å². The van der Waals surface area contributed by atoms with Gasteiger partial charge in [0.1, 0.15) is 0 Å². The van der Waals surface area contributed by atoms with Crippen LogP contribution in [0.2, 0.25) is 5.02 Å². The first kappa shape index (κ1) is 20.9. The zero-order valence-corrected chi connectivity index (χ0v) is 17.1. The highest BCUT2D eigenvalue weighted by Gasteiger charge is 2.37. The third-order valence-electron chi connectivity index (χ3n) is 4.88. The van der Waals surface area contributed by atoms with Crippen molar-refractivity contribution in [3.05, 3.63) is 59.1 Å². The fourth-order valence-corrected chi connectivity index (χ4v) is 3.50. The summed E-state index contributed by atoms with van der Waals surface area (Å²) >= 11 is 5.90. The first-order valence-electron chi connectivity index (χ1n) is 9.54. The number of hydrogen-bond donors (Lipinski definition) is 1. The lowest BCUT2D eigenvalue weighted by molar-refractivity contribution is -0.157. The number of nitrogens with zero attached hydrogens (tertiary/aromatic N) is 1. The predicted molar refractivity (Wildman–Crippen MR) is 112 cm³/mol. The number of benzene rings is 2. The molecule has 6 nitrogen and oxygen atoms in total. The Morgan fingerprint density at radius 1 is 1.24 bits per heavy atom. The van der Waals surface area contributed by atoms with Gasteiger partial charge in [0.2, 0.25) is 5.91 Å². The number of carbonyl (C=O) groups excluding carboxylic acids is 3. The van der Waals surface area contributed by atoms with Gasteiger partial charge in [-0.15, -0.1) is 0 Å². The first-order chi connectivity index (χ1) is 13.9. The largest absolute Gasteiger partial charge is 0.452 e. The maximum atomic E-state index is 12.5. The Balaban J connectivity index is 1.60. The van der Waals surface area contributed by atoms with Crippen LogP contribution in [-0.4, -0.2) is 30.4 Å². The van der Waals surface area contributed by atoms with Gasteiger partial charge >= 0.3 is 5.97 Å². The number of amides is 2. The zero-order valence-electron chi connectivity index (χ0n) is 16.4. The normalized spacial score (nSPS) is 17.1.